The predicted octanol–water partition coefficient (Wildman–Crippen LogP) is 3.15. The molecule has 0 spiro atoms. The number of para-hydroxylation sites is 1. The van der Waals surface area contributed by atoms with Crippen LogP contribution in [0.2, 0.25) is 0 Å². The lowest BCUT2D eigenvalue weighted by molar-refractivity contribution is 0.476. The number of anilines is 1. The van der Waals surface area contributed by atoms with Crippen molar-refractivity contribution >= 4 is 5.69 Å². The summed E-state index contributed by atoms with van der Waals surface area (Å²) in [4.78, 5) is 0. The van der Waals surface area contributed by atoms with Crippen LogP contribution in [-0.2, 0) is 0 Å². The molecule has 2 aromatic rings. The van der Waals surface area contributed by atoms with Crippen LogP contribution in [0.4, 0.5) is 5.69 Å². The SMILES string of the molecule is Cc1cccc(N)c1Oc1cnn(C(C)C)c1. The number of aryl methyl sites for hydroxylation is 1. The van der Waals surface area contributed by atoms with Gasteiger partial charge in [0.1, 0.15) is 0 Å². The molecular formula is C13H17N3O. The average Bonchev–Trinajstić information content (AvgIpc) is 2.72. The van der Waals surface area contributed by atoms with E-state index >= 15 is 0 Å². The maximum Gasteiger partial charge on any atom is 0.165 e. The van der Waals surface area contributed by atoms with Crippen molar-refractivity contribution in [2.45, 2.75) is 26.8 Å². The van der Waals surface area contributed by atoms with E-state index in [0.29, 0.717) is 23.2 Å². The van der Waals surface area contributed by atoms with Crippen molar-refractivity contribution in [3.8, 4) is 11.5 Å². The minimum Gasteiger partial charge on any atom is -0.452 e. The van der Waals surface area contributed by atoms with Crippen molar-refractivity contribution in [3.63, 3.8) is 0 Å². The van der Waals surface area contributed by atoms with Gasteiger partial charge in [-0.3, -0.25) is 4.68 Å². The molecule has 0 bridgehead atoms. The molecule has 1 heterocycles. The molecule has 2 rings (SSSR count). The summed E-state index contributed by atoms with van der Waals surface area (Å²) in [6.07, 6.45) is 3.57. The topological polar surface area (TPSA) is 53.1 Å². The molecule has 0 aliphatic rings. The van der Waals surface area contributed by atoms with E-state index in [4.69, 9.17) is 10.5 Å². The molecule has 1 aromatic carbocycles. The molecule has 2 N–H and O–H groups in total. The van der Waals surface area contributed by atoms with Crippen molar-refractivity contribution in [2.24, 2.45) is 0 Å². The summed E-state index contributed by atoms with van der Waals surface area (Å²) >= 11 is 0. The molecule has 0 amide bonds. The molecule has 17 heavy (non-hydrogen) atoms. The van der Waals surface area contributed by atoms with E-state index in [1.165, 1.54) is 0 Å². The lowest BCUT2D eigenvalue weighted by atomic mass is 10.2. The van der Waals surface area contributed by atoms with Crippen LogP contribution in [0.1, 0.15) is 25.5 Å². The molecule has 90 valence electrons. The van der Waals surface area contributed by atoms with Crippen molar-refractivity contribution < 1.29 is 4.74 Å². The highest BCUT2D eigenvalue weighted by molar-refractivity contribution is 5.57. The van der Waals surface area contributed by atoms with Gasteiger partial charge >= 0.3 is 0 Å². The van der Waals surface area contributed by atoms with E-state index in [1.807, 2.05) is 36.0 Å². The third-order valence-electron chi connectivity index (χ3n) is 2.57. The Morgan fingerprint density at radius 3 is 2.71 bits per heavy atom. The number of rotatable bonds is 3. The van der Waals surface area contributed by atoms with Crippen LogP contribution >= 0.6 is 0 Å². The first-order valence-corrected chi connectivity index (χ1v) is 5.65. The van der Waals surface area contributed by atoms with Crippen LogP contribution in [0.15, 0.2) is 30.6 Å². The maximum absolute atomic E-state index is 5.88. The minimum absolute atomic E-state index is 0.321. The van der Waals surface area contributed by atoms with Gasteiger partial charge in [-0.2, -0.15) is 5.10 Å². The molecule has 0 saturated heterocycles. The summed E-state index contributed by atoms with van der Waals surface area (Å²) in [5.74, 6) is 1.41. The molecule has 1 aromatic heterocycles. The van der Waals surface area contributed by atoms with Crippen LogP contribution in [-0.4, -0.2) is 9.78 Å². The summed E-state index contributed by atoms with van der Waals surface area (Å²) in [5.41, 5.74) is 7.54. The molecular weight excluding hydrogens is 214 g/mol. The van der Waals surface area contributed by atoms with E-state index < -0.39 is 0 Å². The zero-order chi connectivity index (χ0) is 12.4. The van der Waals surface area contributed by atoms with Gasteiger partial charge in [-0.25, -0.2) is 0 Å². The Labute approximate surface area is 101 Å². The van der Waals surface area contributed by atoms with Crippen molar-refractivity contribution in [3.05, 3.63) is 36.2 Å². The minimum atomic E-state index is 0.321. The smallest absolute Gasteiger partial charge is 0.165 e. The molecule has 0 aliphatic carbocycles. The lowest BCUT2D eigenvalue weighted by Crippen LogP contribution is -1.99. The van der Waals surface area contributed by atoms with E-state index in [1.54, 1.807) is 6.20 Å². The van der Waals surface area contributed by atoms with Crippen molar-refractivity contribution in [1.82, 2.24) is 9.78 Å². The van der Waals surface area contributed by atoms with Gasteiger partial charge in [0.05, 0.1) is 18.1 Å². The number of ether oxygens (including phenoxy) is 1. The van der Waals surface area contributed by atoms with Gasteiger partial charge in [-0.1, -0.05) is 12.1 Å². The van der Waals surface area contributed by atoms with E-state index in [-0.39, 0.29) is 0 Å². The first-order chi connectivity index (χ1) is 8.08. The predicted molar refractivity (Wildman–Crippen MR) is 68.3 cm³/mol. The Kier molecular flexibility index (Phi) is 3.04. The molecule has 4 nitrogen and oxygen atoms in total. The molecule has 0 atom stereocenters. The molecule has 0 aliphatic heterocycles. The molecule has 0 unspecified atom stereocenters. The van der Waals surface area contributed by atoms with E-state index in [0.717, 1.165) is 5.56 Å². The Morgan fingerprint density at radius 1 is 1.35 bits per heavy atom. The Balaban J connectivity index is 2.25. The lowest BCUT2D eigenvalue weighted by Gasteiger charge is -2.09. The highest BCUT2D eigenvalue weighted by atomic mass is 16.5. The van der Waals surface area contributed by atoms with Gasteiger partial charge in [0.25, 0.3) is 0 Å². The summed E-state index contributed by atoms with van der Waals surface area (Å²) in [5, 5.41) is 4.22. The second-order valence-electron chi connectivity index (χ2n) is 4.35. The monoisotopic (exact) mass is 231 g/mol. The molecule has 0 radical (unpaired) electrons. The van der Waals surface area contributed by atoms with Gasteiger partial charge < -0.3 is 10.5 Å². The average molecular weight is 231 g/mol. The number of benzene rings is 1. The van der Waals surface area contributed by atoms with Crippen molar-refractivity contribution in [2.75, 3.05) is 5.73 Å². The van der Waals surface area contributed by atoms with Crippen LogP contribution in [0.3, 0.4) is 0 Å². The van der Waals surface area contributed by atoms with Crippen LogP contribution in [0.25, 0.3) is 0 Å². The number of nitrogen functional groups attached to an aromatic ring is 1. The van der Waals surface area contributed by atoms with E-state index in [9.17, 15) is 0 Å². The van der Waals surface area contributed by atoms with Gasteiger partial charge in [0, 0.05) is 6.04 Å². The second kappa shape index (κ2) is 4.49. The second-order valence-corrected chi connectivity index (χ2v) is 4.35. The number of nitrogens with zero attached hydrogens (tertiary/aromatic N) is 2. The third kappa shape index (κ3) is 2.41. The largest absolute Gasteiger partial charge is 0.452 e. The van der Waals surface area contributed by atoms with Gasteiger partial charge in [0.2, 0.25) is 0 Å². The first-order valence-electron chi connectivity index (χ1n) is 5.65. The summed E-state index contributed by atoms with van der Waals surface area (Å²) in [6, 6.07) is 6.03. The highest BCUT2D eigenvalue weighted by Gasteiger charge is 2.08. The fourth-order valence-corrected chi connectivity index (χ4v) is 1.59. The Hall–Kier alpha value is -1.97. The first kappa shape index (κ1) is 11.5. The van der Waals surface area contributed by atoms with E-state index in [2.05, 4.69) is 18.9 Å². The molecule has 4 heteroatoms. The zero-order valence-corrected chi connectivity index (χ0v) is 10.3. The van der Waals surface area contributed by atoms with Gasteiger partial charge in [-0.15, -0.1) is 0 Å². The number of hydrogen-bond donors (Lipinski definition) is 1. The third-order valence-corrected chi connectivity index (χ3v) is 2.57. The summed E-state index contributed by atoms with van der Waals surface area (Å²) < 4.78 is 7.61. The zero-order valence-electron chi connectivity index (χ0n) is 10.3. The summed E-state index contributed by atoms with van der Waals surface area (Å²) in [6.45, 7) is 6.11. The van der Waals surface area contributed by atoms with Gasteiger partial charge in [-0.05, 0) is 32.4 Å². The number of aromatic nitrogens is 2. The Bertz CT molecular complexity index is 497. The number of hydrogen-bond acceptors (Lipinski definition) is 3. The quantitative estimate of drug-likeness (QED) is 0.825. The van der Waals surface area contributed by atoms with Crippen LogP contribution in [0, 0.1) is 6.92 Å². The standard InChI is InChI=1S/C13H17N3O/c1-9(2)16-8-11(7-15-16)17-13-10(3)5-4-6-12(13)14/h4-9H,14H2,1-3H3. The van der Waals surface area contributed by atoms with Gasteiger partial charge in [0.15, 0.2) is 11.5 Å². The van der Waals surface area contributed by atoms with Crippen molar-refractivity contribution in [1.29, 1.82) is 0 Å². The van der Waals surface area contributed by atoms with Crippen LogP contribution in [0.5, 0.6) is 11.5 Å². The number of nitrogens with two attached hydrogens (primary N) is 1. The molecule has 0 saturated carbocycles. The Morgan fingerprint density at radius 2 is 2.12 bits per heavy atom. The fraction of sp³-hybridized carbons (Fsp3) is 0.308. The molecule has 0 fully saturated rings. The summed E-state index contributed by atoms with van der Waals surface area (Å²) in [7, 11) is 0. The normalized spacial score (nSPS) is 10.8. The highest BCUT2D eigenvalue weighted by Crippen LogP contribution is 2.30. The fourth-order valence-electron chi connectivity index (χ4n) is 1.59. The van der Waals surface area contributed by atoms with Crippen LogP contribution < -0.4 is 10.5 Å². The maximum atomic E-state index is 5.88.